The molecule has 15 heavy (non-hydrogen) atoms. The van der Waals surface area contributed by atoms with Gasteiger partial charge in [-0.25, -0.2) is 0 Å². The molecule has 1 aliphatic rings. The molecule has 0 amide bonds. The monoisotopic (exact) mass is 205 g/mol. The van der Waals surface area contributed by atoms with E-state index >= 15 is 0 Å². The van der Waals surface area contributed by atoms with E-state index in [0.29, 0.717) is 13.1 Å². The van der Waals surface area contributed by atoms with Crippen LogP contribution in [0.15, 0.2) is 30.3 Å². The van der Waals surface area contributed by atoms with Crippen molar-refractivity contribution in [1.82, 2.24) is 0 Å². The number of carbonyl (C=O) groups is 1. The van der Waals surface area contributed by atoms with E-state index < -0.39 is 5.41 Å². The molecule has 1 fully saturated rings. The van der Waals surface area contributed by atoms with Crippen molar-refractivity contribution in [1.29, 1.82) is 0 Å². The Morgan fingerprint density at radius 3 is 2.60 bits per heavy atom. The highest BCUT2D eigenvalue weighted by molar-refractivity contribution is 5.92. The van der Waals surface area contributed by atoms with Crippen molar-refractivity contribution in [3.63, 3.8) is 0 Å². The largest absolute Gasteiger partial charge is 0.395 e. The van der Waals surface area contributed by atoms with Crippen molar-refractivity contribution in [2.45, 2.75) is 6.92 Å². The zero-order valence-corrected chi connectivity index (χ0v) is 8.81. The van der Waals surface area contributed by atoms with E-state index in [1.807, 2.05) is 42.2 Å². The fraction of sp³-hybridized carbons (Fsp3) is 0.417. The zero-order valence-electron chi connectivity index (χ0n) is 8.81. The lowest BCUT2D eigenvalue weighted by Gasteiger charge is -2.21. The summed E-state index contributed by atoms with van der Waals surface area (Å²) in [6.07, 6.45) is 0. The third kappa shape index (κ3) is 1.75. The van der Waals surface area contributed by atoms with Gasteiger partial charge in [-0.15, -0.1) is 0 Å². The predicted molar refractivity (Wildman–Crippen MR) is 58.9 cm³/mol. The third-order valence-corrected chi connectivity index (χ3v) is 3.02. The molecule has 0 aliphatic carbocycles. The molecule has 1 aromatic rings. The lowest BCUT2D eigenvalue weighted by atomic mass is 9.90. The van der Waals surface area contributed by atoms with Gasteiger partial charge in [0.1, 0.15) is 0 Å². The van der Waals surface area contributed by atoms with E-state index in [-0.39, 0.29) is 12.4 Å². The van der Waals surface area contributed by atoms with Gasteiger partial charge in [-0.1, -0.05) is 18.2 Å². The Bertz CT molecular complexity index is 363. The molecule has 80 valence electrons. The molecule has 1 aromatic carbocycles. The Labute approximate surface area is 89.3 Å². The topological polar surface area (TPSA) is 40.5 Å². The minimum absolute atomic E-state index is 0.0742. The standard InChI is InChI=1S/C12H15NO2/c1-12(9-14)8-13(7-11(12)15)10-5-3-2-4-6-10/h2-6,14H,7-9H2,1H3. The fourth-order valence-electron chi connectivity index (χ4n) is 1.89. The van der Waals surface area contributed by atoms with E-state index in [0.717, 1.165) is 5.69 Å². The van der Waals surface area contributed by atoms with Crippen molar-refractivity contribution in [2.24, 2.45) is 5.41 Å². The third-order valence-electron chi connectivity index (χ3n) is 3.02. The summed E-state index contributed by atoms with van der Waals surface area (Å²) in [5.74, 6) is 0.119. The Morgan fingerprint density at radius 1 is 1.40 bits per heavy atom. The number of aliphatic hydroxyl groups is 1. The van der Waals surface area contributed by atoms with Crippen molar-refractivity contribution >= 4 is 11.5 Å². The number of benzene rings is 1. The first-order valence-electron chi connectivity index (χ1n) is 5.10. The van der Waals surface area contributed by atoms with Gasteiger partial charge in [0.25, 0.3) is 0 Å². The van der Waals surface area contributed by atoms with Crippen LogP contribution in [0.2, 0.25) is 0 Å². The lowest BCUT2D eigenvalue weighted by Crippen LogP contribution is -2.31. The number of hydrogen-bond acceptors (Lipinski definition) is 3. The molecule has 3 heteroatoms. The lowest BCUT2D eigenvalue weighted by molar-refractivity contribution is -0.125. The summed E-state index contributed by atoms with van der Waals surface area (Å²) in [5.41, 5.74) is 0.457. The van der Waals surface area contributed by atoms with E-state index in [2.05, 4.69) is 0 Å². The number of ketones is 1. The highest BCUT2D eigenvalue weighted by Crippen LogP contribution is 2.29. The summed E-state index contributed by atoms with van der Waals surface area (Å²) in [7, 11) is 0. The van der Waals surface area contributed by atoms with Gasteiger partial charge in [-0.05, 0) is 19.1 Å². The number of rotatable bonds is 2. The van der Waals surface area contributed by atoms with Gasteiger partial charge in [-0.3, -0.25) is 4.79 Å². The van der Waals surface area contributed by atoms with Crippen LogP contribution in [-0.4, -0.2) is 30.6 Å². The molecule has 0 spiro atoms. The number of Topliss-reactive ketones (excluding diaryl/α,β-unsaturated/α-hetero) is 1. The Balaban J connectivity index is 2.20. The molecule has 1 N–H and O–H groups in total. The van der Waals surface area contributed by atoms with Crippen LogP contribution in [0.5, 0.6) is 0 Å². The minimum atomic E-state index is -0.587. The molecule has 0 saturated carbocycles. The van der Waals surface area contributed by atoms with Crippen molar-refractivity contribution in [3.8, 4) is 0 Å². The summed E-state index contributed by atoms with van der Waals surface area (Å²) < 4.78 is 0. The van der Waals surface area contributed by atoms with Crippen molar-refractivity contribution < 1.29 is 9.90 Å². The van der Waals surface area contributed by atoms with E-state index in [9.17, 15) is 9.90 Å². The SMILES string of the molecule is CC1(CO)CN(c2ccccc2)CC1=O. The summed E-state index contributed by atoms with van der Waals surface area (Å²) in [6, 6.07) is 9.82. The van der Waals surface area contributed by atoms with Crippen LogP contribution in [-0.2, 0) is 4.79 Å². The number of anilines is 1. The van der Waals surface area contributed by atoms with Gasteiger partial charge in [0, 0.05) is 12.2 Å². The summed E-state index contributed by atoms with van der Waals surface area (Å²) in [5, 5.41) is 9.21. The Morgan fingerprint density at radius 2 is 2.07 bits per heavy atom. The highest BCUT2D eigenvalue weighted by Gasteiger charge is 2.41. The highest BCUT2D eigenvalue weighted by atomic mass is 16.3. The molecule has 1 heterocycles. The van der Waals surface area contributed by atoms with Crippen LogP contribution in [0.25, 0.3) is 0 Å². The first-order valence-corrected chi connectivity index (χ1v) is 5.10. The summed E-state index contributed by atoms with van der Waals surface area (Å²) >= 11 is 0. The maximum atomic E-state index is 11.7. The molecule has 1 unspecified atom stereocenters. The quantitative estimate of drug-likeness (QED) is 0.785. The second-order valence-corrected chi connectivity index (χ2v) is 4.33. The second kappa shape index (κ2) is 3.66. The maximum Gasteiger partial charge on any atom is 0.162 e. The van der Waals surface area contributed by atoms with Gasteiger partial charge in [0.05, 0.1) is 18.6 Å². The predicted octanol–water partition coefficient (Wildman–Crippen LogP) is 1.07. The van der Waals surface area contributed by atoms with Crippen LogP contribution in [0.4, 0.5) is 5.69 Å². The molecule has 1 aliphatic heterocycles. The van der Waals surface area contributed by atoms with E-state index in [4.69, 9.17) is 0 Å². The molecule has 3 nitrogen and oxygen atoms in total. The smallest absolute Gasteiger partial charge is 0.162 e. The zero-order chi connectivity index (χ0) is 10.9. The molecular formula is C12H15NO2. The number of nitrogens with zero attached hydrogens (tertiary/aromatic N) is 1. The molecule has 1 saturated heterocycles. The maximum absolute atomic E-state index is 11.7. The van der Waals surface area contributed by atoms with Gasteiger partial charge < -0.3 is 10.0 Å². The van der Waals surface area contributed by atoms with Crippen LogP contribution in [0.3, 0.4) is 0 Å². The normalized spacial score (nSPS) is 26.0. The Hall–Kier alpha value is -1.35. The summed E-state index contributed by atoms with van der Waals surface area (Å²) in [4.78, 5) is 13.7. The van der Waals surface area contributed by atoms with Crippen LogP contribution < -0.4 is 4.90 Å². The second-order valence-electron chi connectivity index (χ2n) is 4.33. The first-order chi connectivity index (χ1) is 7.15. The molecule has 0 aromatic heterocycles. The Kier molecular flexibility index (Phi) is 2.49. The molecule has 1 atom stereocenters. The van der Waals surface area contributed by atoms with Crippen LogP contribution >= 0.6 is 0 Å². The minimum Gasteiger partial charge on any atom is -0.395 e. The van der Waals surface area contributed by atoms with Crippen LogP contribution in [0.1, 0.15) is 6.92 Å². The number of hydrogen-bond donors (Lipinski definition) is 1. The summed E-state index contributed by atoms with van der Waals surface area (Å²) in [6.45, 7) is 2.75. The van der Waals surface area contributed by atoms with Crippen molar-refractivity contribution in [2.75, 3.05) is 24.6 Å². The van der Waals surface area contributed by atoms with Crippen molar-refractivity contribution in [3.05, 3.63) is 30.3 Å². The number of carbonyl (C=O) groups excluding carboxylic acids is 1. The average molecular weight is 205 g/mol. The van der Waals surface area contributed by atoms with Gasteiger partial charge in [-0.2, -0.15) is 0 Å². The number of aliphatic hydroxyl groups excluding tert-OH is 1. The molecule has 2 rings (SSSR count). The average Bonchev–Trinajstić information content (AvgIpc) is 2.58. The molecular weight excluding hydrogens is 190 g/mol. The van der Waals surface area contributed by atoms with Crippen LogP contribution in [0, 0.1) is 5.41 Å². The van der Waals surface area contributed by atoms with Gasteiger partial charge in [0.2, 0.25) is 0 Å². The molecule has 0 bridgehead atoms. The van der Waals surface area contributed by atoms with Gasteiger partial charge >= 0.3 is 0 Å². The first kappa shape index (κ1) is 10.2. The van der Waals surface area contributed by atoms with E-state index in [1.54, 1.807) is 0 Å². The fourth-order valence-corrected chi connectivity index (χ4v) is 1.89. The van der Waals surface area contributed by atoms with E-state index in [1.165, 1.54) is 0 Å². The molecule has 0 radical (unpaired) electrons. The van der Waals surface area contributed by atoms with Gasteiger partial charge in [0.15, 0.2) is 5.78 Å². The number of para-hydroxylation sites is 1.